The molecular formula is C15H23NO. The normalized spacial score (nSPS) is 18.3. The van der Waals surface area contributed by atoms with Crippen LogP contribution in [-0.2, 0) is 6.42 Å². The fraction of sp³-hybridized carbons (Fsp3) is 0.600. The van der Waals surface area contributed by atoms with E-state index >= 15 is 0 Å². The van der Waals surface area contributed by atoms with Gasteiger partial charge in [-0.1, -0.05) is 18.2 Å². The Bertz CT molecular complexity index is 367. The van der Waals surface area contributed by atoms with E-state index in [4.69, 9.17) is 10.5 Å². The Morgan fingerprint density at radius 3 is 2.71 bits per heavy atom. The molecule has 2 heteroatoms. The quantitative estimate of drug-likeness (QED) is 0.866. The topological polar surface area (TPSA) is 35.2 Å². The molecule has 0 heterocycles. The van der Waals surface area contributed by atoms with Crippen LogP contribution in [-0.4, -0.2) is 12.1 Å². The van der Waals surface area contributed by atoms with E-state index < -0.39 is 0 Å². The van der Waals surface area contributed by atoms with E-state index in [2.05, 4.69) is 25.1 Å². The lowest BCUT2D eigenvalue weighted by Crippen LogP contribution is -2.20. The number of para-hydroxylation sites is 1. The van der Waals surface area contributed by atoms with Crippen LogP contribution in [0.4, 0.5) is 0 Å². The molecule has 1 aromatic rings. The first-order chi connectivity index (χ1) is 8.16. The van der Waals surface area contributed by atoms with E-state index in [1.54, 1.807) is 0 Å². The predicted molar refractivity (Wildman–Crippen MR) is 71.4 cm³/mol. The highest BCUT2D eigenvalue weighted by Crippen LogP contribution is 2.30. The van der Waals surface area contributed by atoms with E-state index in [-0.39, 0.29) is 6.04 Å². The van der Waals surface area contributed by atoms with Crippen molar-refractivity contribution in [3.05, 3.63) is 29.3 Å². The lowest BCUT2D eigenvalue weighted by molar-refractivity contribution is 0.206. The van der Waals surface area contributed by atoms with Crippen molar-refractivity contribution in [2.24, 2.45) is 5.73 Å². The maximum absolute atomic E-state index is 6.18. The molecule has 1 aromatic carbocycles. The van der Waals surface area contributed by atoms with Crippen LogP contribution in [0.25, 0.3) is 0 Å². The van der Waals surface area contributed by atoms with Crippen LogP contribution in [0.1, 0.15) is 43.7 Å². The van der Waals surface area contributed by atoms with Gasteiger partial charge in [-0.3, -0.25) is 0 Å². The first-order valence-electron chi connectivity index (χ1n) is 6.67. The van der Waals surface area contributed by atoms with Crippen molar-refractivity contribution in [3.8, 4) is 5.75 Å². The molecule has 1 saturated carbocycles. The van der Waals surface area contributed by atoms with Crippen molar-refractivity contribution in [1.82, 2.24) is 0 Å². The Kier molecular flexibility index (Phi) is 4.06. The molecule has 0 aromatic heterocycles. The average Bonchev–Trinajstić information content (AvgIpc) is 2.75. The molecule has 2 rings (SSSR count). The second-order valence-electron chi connectivity index (χ2n) is 5.27. The van der Waals surface area contributed by atoms with Crippen LogP contribution in [0.2, 0.25) is 0 Å². The van der Waals surface area contributed by atoms with Gasteiger partial charge in [0.2, 0.25) is 0 Å². The number of benzene rings is 1. The molecule has 1 aliphatic rings. The molecule has 1 unspecified atom stereocenters. The monoisotopic (exact) mass is 233 g/mol. The molecule has 0 amide bonds. The zero-order chi connectivity index (χ0) is 12.3. The van der Waals surface area contributed by atoms with Gasteiger partial charge in [-0.2, -0.15) is 0 Å². The molecule has 1 aliphatic carbocycles. The van der Waals surface area contributed by atoms with Gasteiger partial charge in [0, 0.05) is 6.04 Å². The second-order valence-corrected chi connectivity index (χ2v) is 5.27. The summed E-state index contributed by atoms with van der Waals surface area (Å²) in [5.41, 5.74) is 8.38. The Hall–Kier alpha value is -1.02. The van der Waals surface area contributed by atoms with Crippen molar-refractivity contribution in [3.63, 3.8) is 0 Å². The number of hydrogen-bond acceptors (Lipinski definition) is 2. The van der Waals surface area contributed by atoms with E-state index in [0.29, 0.717) is 6.10 Å². The fourth-order valence-corrected chi connectivity index (χ4v) is 2.56. The first kappa shape index (κ1) is 12.4. The van der Waals surface area contributed by atoms with Gasteiger partial charge in [-0.25, -0.2) is 0 Å². The SMILES string of the molecule is Cc1cccc(CC(C)N)c1OC1CCCC1. The molecule has 2 N–H and O–H groups in total. The van der Waals surface area contributed by atoms with Crippen LogP contribution in [0.15, 0.2) is 18.2 Å². The number of rotatable bonds is 4. The van der Waals surface area contributed by atoms with Crippen LogP contribution in [0, 0.1) is 6.92 Å². The molecule has 94 valence electrons. The van der Waals surface area contributed by atoms with Gasteiger partial charge < -0.3 is 10.5 Å². The van der Waals surface area contributed by atoms with Gasteiger partial charge in [0.25, 0.3) is 0 Å². The van der Waals surface area contributed by atoms with Crippen LogP contribution in [0.5, 0.6) is 5.75 Å². The van der Waals surface area contributed by atoms with Crippen LogP contribution >= 0.6 is 0 Å². The minimum absolute atomic E-state index is 0.183. The van der Waals surface area contributed by atoms with E-state index in [1.165, 1.54) is 36.8 Å². The number of hydrogen-bond donors (Lipinski definition) is 1. The standard InChI is InChI=1S/C15H23NO/c1-11-6-5-7-13(10-12(2)16)15(11)17-14-8-3-4-9-14/h5-7,12,14H,3-4,8-10,16H2,1-2H3. The number of ether oxygens (including phenoxy) is 1. The summed E-state index contributed by atoms with van der Waals surface area (Å²) >= 11 is 0. The molecule has 0 bridgehead atoms. The minimum atomic E-state index is 0.183. The summed E-state index contributed by atoms with van der Waals surface area (Å²) in [6, 6.07) is 6.53. The van der Waals surface area contributed by atoms with Gasteiger partial charge >= 0.3 is 0 Å². The molecule has 0 radical (unpaired) electrons. The van der Waals surface area contributed by atoms with Gasteiger partial charge in [0.1, 0.15) is 5.75 Å². The van der Waals surface area contributed by atoms with E-state index in [1.807, 2.05) is 6.92 Å². The Morgan fingerprint density at radius 2 is 2.06 bits per heavy atom. The van der Waals surface area contributed by atoms with Gasteiger partial charge in [0.05, 0.1) is 6.10 Å². The molecule has 0 saturated heterocycles. The van der Waals surface area contributed by atoms with E-state index in [9.17, 15) is 0 Å². The maximum Gasteiger partial charge on any atom is 0.125 e. The zero-order valence-electron chi connectivity index (χ0n) is 10.9. The van der Waals surface area contributed by atoms with Gasteiger partial charge in [-0.05, 0) is 57.1 Å². The fourth-order valence-electron chi connectivity index (χ4n) is 2.56. The van der Waals surface area contributed by atoms with Crippen molar-refractivity contribution in [2.45, 2.75) is 58.1 Å². The van der Waals surface area contributed by atoms with Crippen molar-refractivity contribution in [1.29, 1.82) is 0 Å². The molecule has 1 fully saturated rings. The lowest BCUT2D eigenvalue weighted by atomic mass is 10.0. The van der Waals surface area contributed by atoms with Crippen molar-refractivity contribution >= 4 is 0 Å². The molecule has 2 nitrogen and oxygen atoms in total. The Balaban J connectivity index is 2.17. The molecule has 1 atom stereocenters. The van der Waals surface area contributed by atoms with Crippen LogP contribution in [0.3, 0.4) is 0 Å². The molecule has 0 spiro atoms. The largest absolute Gasteiger partial charge is 0.490 e. The number of aryl methyl sites for hydroxylation is 1. The third kappa shape index (κ3) is 3.22. The molecule has 17 heavy (non-hydrogen) atoms. The third-order valence-corrected chi connectivity index (χ3v) is 3.42. The highest BCUT2D eigenvalue weighted by Gasteiger charge is 2.19. The summed E-state index contributed by atoms with van der Waals surface area (Å²) in [7, 11) is 0. The Morgan fingerprint density at radius 1 is 1.35 bits per heavy atom. The smallest absolute Gasteiger partial charge is 0.125 e. The Labute approximate surface area is 104 Å². The molecular weight excluding hydrogens is 210 g/mol. The summed E-state index contributed by atoms with van der Waals surface area (Å²) < 4.78 is 6.18. The van der Waals surface area contributed by atoms with Crippen molar-refractivity contribution in [2.75, 3.05) is 0 Å². The third-order valence-electron chi connectivity index (χ3n) is 3.42. The first-order valence-corrected chi connectivity index (χ1v) is 6.67. The zero-order valence-corrected chi connectivity index (χ0v) is 10.9. The highest BCUT2D eigenvalue weighted by atomic mass is 16.5. The summed E-state index contributed by atoms with van der Waals surface area (Å²) in [4.78, 5) is 0. The average molecular weight is 233 g/mol. The predicted octanol–water partition coefficient (Wildman–Crippen LogP) is 3.21. The number of nitrogens with two attached hydrogens (primary N) is 1. The molecule has 0 aliphatic heterocycles. The second kappa shape index (κ2) is 5.54. The summed E-state index contributed by atoms with van der Waals surface area (Å²) in [6.45, 7) is 4.16. The van der Waals surface area contributed by atoms with Gasteiger partial charge in [0.15, 0.2) is 0 Å². The van der Waals surface area contributed by atoms with Gasteiger partial charge in [-0.15, -0.1) is 0 Å². The summed E-state index contributed by atoms with van der Waals surface area (Å²) in [5.74, 6) is 1.08. The highest BCUT2D eigenvalue weighted by molar-refractivity contribution is 5.41. The summed E-state index contributed by atoms with van der Waals surface area (Å²) in [6.07, 6.45) is 6.32. The lowest BCUT2D eigenvalue weighted by Gasteiger charge is -2.19. The minimum Gasteiger partial charge on any atom is -0.490 e. The van der Waals surface area contributed by atoms with E-state index in [0.717, 1.165) is 12.2 Å². The maximum atomic E-state index is 6.18. The summed E-state index contributed by atoms with van der Waals surface area (Å²) in [5, 5.41) is 0. The van der Waals surface area contributed by atoms with Crippen molar-refractivity contribution < 1.29 is 4.74 Å². The van der Waals surface area contributed by atoms with Crippen LogP contribution < -0.4 is 10.5 Å².